The number of hydrogen-bond donors (Lipinski definition) is 1. The maximum Gasteiger partial charge on any atom is 0.174 e. The van der Waals surface area contributed by atoms with Crippen molar-refractivity contribution in [2.75, 3.05) is 43.2 Å². The molecule has 4 aromatic rings. The van der Waals surface area contributed by atoms with Crippen LogP contribution in [0.2, 0.25) is 0 Å². The van der Waals surface area contributed by atoms with E-state index >= 15 is 0 Å². The monoisotopic (exact) mass is 539 g/mol. The number of para-hydroxylation sites is 2. The summed E-state index contributed by atoms with van der Waals surface area (Å²) in [6.07, 6.45) is 1.84. The van der Waals surface area contributed by atoms with Crippen molar-refractivity contribution in [2.45, 2.75) is 25.9 Å². The van der Waals surface area contributed by atoms with Crippen LogP contribution >= 0.6 is 12.2 Å². The number of anilines is 2. The Balaban J connectivity index is 1.43. The summed E-state index contributed by atoms with van der Waals surface area (Å²) in [5.74, 6) is 0.779. The van der Waals surface area contributed by atoms with Crippen molar-refractivity contribution in [3.63, 3.8) is 0 Å². The zero-order chi connectivity index (χ0) is 26.9. The topological polar surface area (TPSA) is 54.8 Å². The molecule has 2 aromatic heterocycles. The van der Waals surface area contributed by atoms with Crippen molar-refractivity contribution >= 4 is 28.7 Å². The Labute approximate surface area is 235 Å². The molecule has 39 heavy (non-hydrogen) atoms. The Morgan fingerprint density at radius 1 is 0.949 bits per heavy atom. The largest absolute Gasteiger partial charge is 0.495 e. The van der Waals surface area contributed by atoms with Crippen LogP contribution in [-0.4, -0.2) is 48.1 Å². The number of nitrogens with zero attached hydrogens (tertiary/aromatic N) is 4. The van der Waals surface area contributed by atoms with Gasteiger partial charge < -0.3 is 29.2 Å². The number of hydrogen-bond acceptors (Lipinski definition) is 5. The SMILES string of the molecule is COc1ccccc1N1C(=S)NC(c2ccccn2)C1c1cc(C)n(-c2ccc(N3CCOCC3)cc2)c1C. The fraction of sp³-hybridized carbons (Fsp3) is 0.290. The summed E-state index contributed by atoms with van der Waals surface area (Å²) in [5.41, 5.74) is 7.77. The molecule has 2 aliphatic rings. The molecule has 4 heterocycles. The summed E-state index contributed by atoms with van der Waals surface area (Å²) < 4.78 is 13.6. The quantitative estimate of drug-likeness (QED) is 0.324. The van der Waals surface area contributed by atoms with Crippen LogP contribution < -0.4 is 19.9 Å². The summed E-state index contributed by atoms with van der Waals surface area (Å²) >= 11 is 5.95. The molecule has 0 saturated carbocycles. The number of methoxy groups -OCH3 is 1. The minimum absolute atomic E-state index is 0.115. The molecule has 2 atom stereocenters. The Morgan fingerprint density at radius 3 is 2.38 bits per heavy atom. The minimum Gasteiger partial charge on any atom is -0.495 e. The van der Waals surface area contributed by atoms with E-state index in [0.29, 0.717) is 5.11 Å². The molecule has 2 aromatic carbocycles. The van der Waals surface area contributed by atoms with E-state index in [1.54, 1.807) is 7.11 Å². The lowest BCUT2D eigenvalue weighted by Crippen LogP contribution is -2.36. The first kappa shape index (κ1) is 25.4. The standard InChI is InChI=1S/C31H33N5O2S/c1-21-20-25(22(2)35(21)24-13-11-23(12-14-24)34-16-18-38-19-17-34)30-29(26-8-6-7-15-32-26)33-31(39)36(30)27-9-4-5-10-28(27)37-3/h4-15,20,29-30H,16-19H2,1-3H3,(H,33,39). The fourth-order valence-corrected chi connectivity index (χ4v) is 6.22. The molecular formula is C31H33N5O2S. The molecule has 8 heteroatoms. The maximum atomic E-state index is 5.95. The molecule has 2 aliphatic heterocycles. The number of aryl methyl sites for hydroxylation is 1. The number of ether oxygens (including phenoxy) is 2. The highest BCUT2D eigenvalue weighted by atomic mass is 32.1. The molecule has 0 amide bonds. The van der Waals surface area contributed by atoms with Crippen LogP contribution in [0.1, 0.15) is 34.7 Å². The second kappa shape index (κ2) is 10.7. The number of aromatic nitrogens is 2. The first-order valence-corrected chi connectivity index (χ1v) is 13.7. The number of rotatable bonds is 6. The molecule has 6 rings (SSSR count). The predicted octanol–water partition coefficient (Wildman–Crippen LogP) is 5.51. The Bertz CT molecular complexity index is 1460. The summed E-state index contributed by atoms with van der Waals surface area (Å²) in [7, 11) is 1.70. The van der Waals surface area contributed by atoms with Crippen LogP contribution in [0.3, 0.4) is 0 Å². The maximum absolute atomic E-state index is 5.95. The van der Waals surface area contributed by atoms with Gasteiger partial charge in [-0.05, 0) is 86.2 Å². The highest BCUT2D eigenvalue weighted by Crippen LogP contribution is 2.46. The van der Waals surface area contributed by atoms with Gasteiger partial charge in [-0.2, -0.15) is 0 Å². The zero-order valence-electron chi connectivity index (χ0n) is 22.5. The Morgan fingerprint density at radius 2 is 1.67 bits per heavy atom. The van der Waals surface area contributed by atoms with Crippen LogP contribution in [0.5, 0.6) is 5.75 Å². The van der Waals surface area contributed by atoms with Gasteiger partial charge in [0.25, 0.3) is 0 Å². The third kappa shape index (κ3) is 4.64. The number of benzene rings is 2. The van der Waals surface area contributed by atoms with Crippen LogP contribution in [-0.2, 0) is 4.74 Å². The van der Waals surface area contributed by atoms with E-state index in [4.69, 9.17) is 26.7 Å². The number of nitrogens with one attached hydrogen (secondary N) is 1. The molecular weight excluding hydrogens is 506 g/mol. The highest BCUT2D eigenvalue weighted by molar-refractivity contribution is 7.80. The Kier molecular flexibility index (Phi) is 6.97. The zero-order valence-corrected chi connectivity index (χ0v) is 23.3. The molecule has 2 fully saturated rings. The molecule has 2 saturated heterocycles. The van der Waals surface area contributed by atoms with Gasteiger partial charge in [0.2, 0.25) is 0 Å². The average Bonchev–Trinajstić information content (AvgIpc) is 3.48. The van der Waals surface area contributed by atoms with Crippen molar-refractivity contribution in [1.29, 1.82) is 0 Å². The first-order valence-electron chi connectivity index (χ1n) is 13.3. The van der Waals surface area contributed by atoms with Crippen molar-refractivity contribution in [3.05, 3.63) is 102 Å². The van der Waals surface area contributed by atoms with E-state index in [1.165, 1.54) is 22.6 Å². The van der Waals surface area contributed by atoms with Gasteiger partial charge in [-0.15, -0.1) is 0 Å². The van der Waals surface area contributed by atoms with Gasteiger partial charge in [0.15, 0.2) is 5.11 Å². The molecule has 7 nitrogen and oxygen atoms in total. The molecule has 200 valence electrons. The van der Waals surface area contributed by atoms with Crippen molar-refractivity contribution in [2.24, 2.45) is 0 Å². The Hall–Kier alpha value is -3.88. The lowest BCUT2D eigenvalue weighted by Gasteiger charge is -2.29. The third-order valence-corrected chi connectivity index (χ3v) is 8.03. The van der Waals surface area contributed by atoms with Crippen LogP contribution in [0.4, 0.5) is 11.4 Å². The normalized spacial score (nSPS) is 19.3. The molecule has 2 unspecified atom stereocenters. The number of thiocarbonyl (C=S) groups is 1. The molecule has 0 bridgehead atoms. The van der Waals surface area contributed by atoms with Gasteiger partial charge in [-0.25, -0.2) is 0 Å². The van der Waals surface area contributed by atoms with Crippen LogP contribution in [0.15, 0.2) is 79.0 Å². The summed E-state index contributed by atoms with van der Waals surface area (Å²) in [6.45, 7) is 7.75. The second-order valence-corrected chi connectivity index (χ2v) is 10.3. The van der Waals surface area contributed by atoms with Crippen molar-refractivity contribution in [3.8, 4) is 11.4 Å². The van der Waals surface area contributed by atoms with E-state index in [9.17, 15) is 0 Å². The lowest BCUT2D eigenvalue weighted by atomic mass is 9.96. The van der Waals surface area contributed by atoms with Gasteiger partial charge in [0.1, 0.15) is 5.75 Å². The van der Waals surface area contributed by atoms with E-state index in [2.05, 4.69) is 76.0 Å². The molecule has 0 spiro atoms. The second-order valence-electron chi connectivity index (χ2n) is 9.95. The van der Waals surface area contributed by atoms with Crippen molar-refractivity contribution in [1.82, 2.24) is 14.9 Å². The minimum atomic E-state index is -0.124. The van der Waals surface area contributed by atoms with Gasteiger partial charge in [-0.3, -0.25) is 4.98 Å². The van der Waals surface area contributed by atoms with E-state index in [0.717, 1.165) is 49.1 Å². The van der Waals surface area contributed by atoms with E-state index in [-0.39, 0.29) is 12.1 Å². The predicted molar refractivity (Wildman–Crippen MR) is 159 cm³/mol. The summed E-state index contributed by atoms with van der Waals surface area (Å²) in [6, 6.07) is 24.9. The molecule has 1 N–H and O–H groups in total. The third-order valence-electron chi connectivity index (χ3n) is 7.72. The fourth-order valence-electron chi connectivity index (χ4n) is 5.88. The average molecular weight is 540 g/mol. The van der Waals surface area contributed by atoms with Gasteiger partial charge in [-0.1, -0.05) is 18.2 Å². The van der Waals surface area contributed by atoms with Crippen LogP contribution in [0.25, 0.3) is 5.69 Å². The first-order chi connectivity index (χ1) is 19.1. The van der Waals surface area contributed by atoms with Gasteiger partial charge in [0.05, 0.1) is 43.8 Å². The summed E-state index contributed by atoms with van der Waals surface area (Å²) in [5, 5.41) is 4.23. The highest BCUT2D eigenvalue weighted by Gasteiger charge is 2.43. The van der Waals surface area contributed by atoms with Crippen molar-refractivity contribution < 1.29 is 9.47 Å². The van der Waals surface area contributed by atoms with E-state index in [1.807, 2.05) is 36.5 Å². The van der Waals surface area contributed by atoms with Gasteiger partial charge in [0, 0.05) is 42.0 Å². The number of morpholine rings is 1. The molecule has 0 radical (unpaired) electrons. The lowest BCUT2D eigenvalue weighted by molar-refractivity contribution is 0.122. The number of pyridine rings is 1. The van der Waals surface area contributed by atoms with Gasteiger partial charge >= 0.3 is 0 Å². The molecule has 0 aliphatic carbocycles. The smallest absolute Gasteiger partial charge is 0.174 e. The van der Waals surface area contributed by atoms with E-state index < -0.39 is 0 Å². The summed E-state index contributed by atoms with van der Waals surface area (Å²) in [4.78, 5) is 9.27. The van der Waals surface area contributed by atoms with Crippen LogP contribution in [0, 0.1) is 13.8 Å².